The van der Waals surface area contributed by atoms with Crippen molar-refractivity contribution in [2.24, 2.45) is 0 Å². The van der Waals surface area contributed by atoms with E-state index in [-0.39, 0.29) is 40.1 Å². The first-order valence-electron chi connectivity index (χ1n) is 5.35. The summed E-state index contributed by atoms with van der Waals surface area (Å²) in [4.78, 5) is 11.6. The SMILES string of the molecule is O=C(c1ccc(Cl)cc1)c1ccc(Cl)c(S(=O)(=O)[O-])c1.[Na+]. The Hall–Kier alpha value is -0.400. The van der Waals surface area contributed by atoms with E-state index in [1.807, 2.05) is 0 Å². The zero-order chi connectivity index (χ0) is 14.9. The Morgan fingerprint density at radius 2 is 1.48 bits per heavy atom. The fourth-order valence-electron chi connectivity index (χ4n) is 1.60. The van der Waals surface area contributed by atoms with E-state index in [0.717, 1.165) is 6.07 Å². The van der Waals surface area contributed by atoms with Crippen molar-refractivity contribution in [2.45, 2.75) is 4.90 Å². The summed E-state index contributed by atoms with van der Waals surface area (Å²) >= 11 is 11.4. The predicted molar refractivity (Wildman–Crippen MR) is 74.3 cm³/mol. The number of benzene rings is 2. The number of carbonyl (C=O) groups excluding carboxylic acids is 1. The number of carbonyl (C=O) groups is 1. The van der Waals surface area contributed by atoms with Gasteiger partial charge in [-0.05, 0) is 42.5 Å². The molecule has 2 aromatic rings. The molecule has 4 nitrogen and oxygen atoms in total. The molecule has 0 N–H and O–H groups in total. The van der Waals surface area contributed by atoms with Gasteiger partial charge in [-0.3, -0.25) is 4.79 Å². The molecule has 21 heavy (non-hydrogen) atoms. The summed E-state index contributed by atoms with van der Waals surface area (Å²) in [6.07, 6.45) is 0. The maximum absolute atomic E-state index is 12.2. The number of rotatable bonds is 3. The van der Waals surface area contributed by atoms with Crippen molar-refractivity contribution in [3.63, 3.8) is 0 Å². The summed E-state index contributed by atoms with van der Waals surface area (Å²) in [5, 5.41) is 0.258. The van der Waals surface area contributed by atoms with Crippen LogP contribution in [0.5, 0.6) is 0 Å². The minimum atomic E-state index is -4.73. The van der Waals surface area contributed by atoms with Crippen molar-refractivity contribution in [2.75, 3.05) is 0 Å². The molecule has 0 radical (unpaired) electrons. The van der Waals surface area contributed by atoms with E-state index in [1.54, 1.807) is 0 Å². The topological polar surface area (TPSA) is 74.3 Å². The van der Waals surface area contributed by atoms with Crippen molar-refractivity contribution in [3.8, 4) is 0 Å². The number of hydrogen-bond donors (Lipinski definition) is 0. The molecular weight excluding hydrogens is 346 g/mol. The van der Waals surface area contributed by atoms with Crippen LogP contribution in [-0.4, -0.2) is 18.8 Å². The molecule has 0 saturated carbocycles. The standard InChI is InChI=1S/C13H8Cl2O4S.Na/c14-10-4-1-8(2-5-10)13(16)9-3-6-11(15)12(7-9)20(17,18)19;/h1-7H,(H,17,18,19);/q;+1/p-1. The smallest absolute Gasteiger partial charge is 0.744 e. The fraction of sp³-hybridized carbons (Fsp3) is 0. The Kier molecular flexibility index (Phi) is 6.43. The molecule has 0 amide bonds. The second-order valence-corrected chi connectivity index (χ2v) is 6.13. The number of hydrogen-bond acceptors (Lipinski definition) is 4. The van der Waals surface area contributed by atoms with Crippen LogP contribution >= 0.6 is 23.2 Å². The third kappa shape index (κ3) is 4.53. The largest absolute Gasteiger partial charge is 1.00 e. The van der Waals surface area contributed by atoms with Crippen LogP contribution in [0, 0.1) is 0 Å². The fourth-order valence-corrected chi connectivity index (χ4v) is 2.71. The van der Waals surface area contributed by atoms with Gasteiger partial charge in [0.2, 0.25) is 0 Å². The molecule has 0 fully saturated rings. The quantitative estimate of drug-likeness (QED) is 0.447. The van der Waals surface area contributed by atoms with Gasteiger partial charge in [0, 0.05) is 16.1 Å². The van der Waals surface area contributed by atoms with Gasteiger partial charge in [-0.1, -0.05) is 23.2 Å². The van der Waals surface area contributed by atoms with Gasteiger partial charge in [-0.2, -0.15) is 0 Å². The van der Waals surface area contributed by atoms with E-state index >= 15 is 0 Å². The zero-order valence-corrected chi connectivity index (χ0v) is 15.2. The number of ketones is 1. The molecule has 0 heterocycles. The molecule has 0 atom stereocenters. The monoisotopic (exact) mass is 352 g/mol. The van der Waals surface area contributed by atoms with E-state index in [0.29, 0.717) is 10.6 Å². The average molecular weight is 353 g/mol. The third-order valence-corrected chi connectivity index (χ3v) is 4.14. The third-order valence-electron chi connectivity index (χ3n) is 2.57. The molecule has 2 aromatic carbocycles. The van der Waals surface area contributed by atoms with Crippen molar-refractivity contribution in [1.82, 2.24) is 0 Å². The molecule has 0 aliphatic rings. The van der Waals surface area contributed by atoms with Gasteiger partial charge in [0.15, 0.2) is 5.78 Å². The van der Waals surface area contributed by atoms with Crippen molar-refractivity contribution >= 4 is 39.1 Å². The summed E-state index contributed by atoms with van der Waals surface area (Å²) < 4.78 is 33.1. The molecule has 104 valence electrons. The molecule has 0 aromatic heterocycles. The summed E-state index contributed by atoms with van der Waals surface area (Å²) in [5.41, 5.74) is 0.386. The van der Waals surface area contributed by atoms with Crippen LogP contribution in [-0.2, 0) is 10.1 Å². The van der Waals surface area contributed by atoms with Crippen LogP contribution in [0.2, 0.25) is 10.0 Å². The zero-order valence-electron chi connectivity index (χ0n) is 10.8. The van der Waals surface area contributed by atoms with E-state index < -0.39 is 20.8 Å². The molecule has 0 unspecified atom stereocenters. The van der Waals surface area contributed by atoms with E-state index in [4.69, 9.17) is 23.2 Å². The van der Waals surface area contributed by atoms with Crippen LogP contribution in [0.1, 0.15) is 15.9 Å². The first-order chi connectivity index (χ1) is 9.29. The van der Waals surface area contributed by atoms with E-state index in [9.17, 15) is 17.8 Å². The Labute approximate surface area is 154 Å². The van der Waals surface area contributed by atoms with Crippen LogP contribution < -0.4 is 29.6 Å². The first kappa shape index (κ1) is 18.6. The number of halogens is 2. The maximum atomic E-state index is 12.2. The van der Waals surface area contributed by atoms with Crippen molar-refractivity contribution in [3.05, 3.63) is 63.6 Å². The summed E-state index contributed by atoms with van der Waals surface area (Å²) in [7, 11) is -4.73. The maximum Gasteiger partial charge on any atom is 1.00 e. The van der Waals surface area contributed by atoms with Crippen LogP contribution in [0.15, 0.2) is 47.4 Å². The van der Waals surface area contributed by atoms with Gasteiger partial charge in [-0.15, -0.1) is 0 Å². The second-order valence-electron chi connectivity index (χ2n) is 3.94. The van der Waals surface area contributed by atoms with Crippen LogP contribution in [0.3, 0.4) is 0 Å². The molecule has 0 spiro atoms. The Balaban J connectivity index is 0.00000220. The van der Waals surface area contributed by atoms with Gasteiger partial charge in [0.1, 0.15) is 10.1 Å². The Morgan fingerprint density at radius 1 is 0.952 bits per heavy atom. The van der Waals surface area contributed by atoms with Crippen molar-refractivity contribution < 1.29 is 47.3 Å². The molecule has 8 heteroatoms. The summed E-state index contributed by atoms with van der Waals surface area (Å²) in [5.74, 6) is -0.428. The van der Waals surface area contributed by atoms with Gasteiger partial charge in [-0.25, -0.2) is 8.42 Å². The molecule has 0 aliphatic carbocycles. The second kappa shape index (κ2) is 7.24. The van der Waals surface area contributed by atoms with Gasteiger partial charge < -0.3 is 4.55 Å². The molecule has 0 aliphatic heterocycles. The van der Waals surface area contributed by atoms with Crippen LogP contribution in [0.25, 0.3) is 0 Å². The first-order valence-corrected chi connectivity index (χ1v) is 7.51. The average Bonchev–Trinajstić information content (AvgIpc) is 2.38. The van der Waals surface area contributed by atoms with Crippen LogP contribution in [0.4, 0.5) is 0 Å². The Morgan fingerprint density at radius 3 is 2.00 bits per heavy atom. The van der Waals surface area contributed by atoms with Crippen molar-refractivity contribution in [1.29, 1.82) is 0 Å². The molecule has 2 rings (SSSR count). The molecule has 0 saturated heterocycles. The minimum absolute atomic E-state index is 0. The predicted octanol–water partition coefficient (Wildman–Crippen LogP) is 0.133. The molecule has 0 bridgehead atoms. The van der Waals surface area contributed by atoms with Gasteiger partial charge in [0.25, 0.3) is 0 Å². The van der Waals surface area contributed by atoms with E-state index in [1.165, 1.54) is 36.4 Å². The van der Waals surface area contributed by atoms with E-state index in [2.05, 4.69) is 0 Å². The Bertz CT molecular complexity index is 773. The summed E-state index contributed by atoms with van der Waals surface area (Å²) in [6.45, 7) is 0. The normalized spacial score (nSPS) is 10.8. The summed E-state index contributed by atoms with van der Waals surface area (Å²) in [6, 6.07) is 9.62. The van der Waals surface area contributed by atoms with Gasteiger partial charge in [0.05, 0.1) is 9.92 Å². The van der Waals surface area contributed by atoms with Gasteiger partial charge >= 0.3 is 29.6 Å². The molecular formula is C13H7Cl2NaO4S. The minimum Gasteiger partial charge on any atom is -0.744 e.